The Kier molecular flexibility index (Phi) is 1.88. The van der Waals surface area contributed by atoms with E-state index >= 15 is 0 Å². The third-order valence-electron chi connectivity index (χ3n) is 0.932. The van der Waals surface area contributed by atoms with E-state index in [9.17, 15) is 15.3 Å². The largest absolute Gasteiger partial charge is 0.570 e. The van der Waals surface area contributed by atoms with Gasteiger partial charge >= 0.3 is 0 Å². The molecule has 8 heavy (non-hydrogen) atoms. The summed E-state index contributed by atoms with van der Waals surface area (Å²) in [7, 11) is 1.00. The number of hydrogen-bond donors (Lipinski definition) is 0. The Morgan fingerprint density at radius 3 is 2.12 bits per heavy atom. The van der Waals surface area contributed by atoms with Crippen molar-refractivity contribution in [2.24, 2.45) is 0 Å². The van der Waals surface area contributed by atoms with E-state index in [1.54, 1.807) is 0 Å². The van der Waals surface area contributed by atoms with Gasteiger partial charge in [0, 0.05) is 0 Å². The Morgan fingerprint density at radius 2 is 2.12 bits per heavy atom. The Hall–Kier alpha value is -0.680. The van der Waals surface area contributed by atoms with Gasteiger partial charge in [0.1, 0.15) is 13.6 Å². The highest BCUT2D eigenvalue weighted by Gasteiger charge is 2.18. The molecule has 0 fully saturated rings. The monoisotopic (exact) mass is 120 g/mol. The van der Waals surface area contributed by atoms with Crippen LogP contribution in [-0.4, -0.2) is 23.4 Å². The Bertz CT molecular complexity index is 101. The maximum absolute atomic E-state index is 10.4. The minimum absolute atomic E-state index is 0.0347. The third kappa shape index (κ3) is 1.43. The van der Waals surface area contributed by atoms with Crippen LogP contribution in [-0.2, 0) is 0 Å². The van der Waals surface area contributed by atoms with Gasteiger partial charge in [-0.15, -0.1) is 0 Å². The first kappa shape index (κ1) is 7.32. The molecule has 0 aliphatic rings. The summed E-state index contributed by atoms with van der Waals surface area (Å²) < 4.78 is -1.40. The average Bonchev–Trinajstić information content (AvgIpc) is 1.67. The van der Waals surface area contributed by atoms with Crippen molar-refractivity contribution in [3.63, 3.8) is 0 Å². The quantitative estimate of drug-likeness (QED) is 0.296. The van der Waals surface area contributed by atoms with E-state index in [2.05, 4.69) is 0 Å². The second-order valence-electron chi connectivity index (χ2n) is 1.61. The van der Waals surface area contributed by atoms with Crippen LogP contribution in [0.5, 0.6) is 0 Å². The predicted molar refractivity (Wildman–Crippen MR) is 27.1 cm³/mol. The normalized spacial score (nSPS) is 17.4. The molecule has 5 nitrogen and oxygen atoms in total. The molecule has 0 aliphatic heterocycles. The van der Waals surface area contributed by atoms with Gasteiger partial charge in [-0.05, 0) is 6.92 Å². The summed E-state index contributed by atoms with van der Waals surface area (Å²) in [6, 6.07) is 0. The minimum atomic E-state index is -1.40. The molecule has 0 amide bonds. The fourth-order valence-corrected chi connectivity index (χ4v) is 0.115. The summed E-state index contributed by atoms with van der Waals surface area (Å²) in [5.41, 5.74) is 0. The van der Waals surface area contributed by atoms with Crippen LogP contribution >= 0.6 is 0 Å². The van der Waals surface area contributed by atoms with E-state index in [0.29, 0.717) is 0 Å². The van der Waals surface area contributed by atoms with E-state index < -0.39 is 9.79 Å². The summed E-state index contributed by atoms with van der Waals surface area (Å²) in [5, 5.41) is 19.3. The van der Waals surface area contributed by atoms with E-state index in [-0.39, 0.29) is 6.54 Å². The van der Waals surface area contributed by atoms with Crippen LogP contribution in [0.3, 0.4) is 0 Å². The topological polar surface area (TPSA) is 66.2 Å². The molecule has 0 aromatic rings. The van der Waals surface area contributed by atoms with E-state index in [1.807, 2.05) is 0 Å². The van der Waals surface area contributed by atoms with Crippen molar-refractivity contribution in [3.8, 4) is 0 Å². The number of nitrogens with zero attached hydrogens (tertiary/aromatic N) is 2. The van der Waals surface area contributed by atoms with Crippen molar-refractivity contribution in [2.45, 2.75) is 6.92 Å². The first-order chi connectivity index (χ1) is 3.50. The molecule has 5 heteroatoms. The number of nitro groups is 1. The van der Waals surface area contributed by atoms with Gasteiger partial charge in [0.15, 0.2) is 0 Å². The second-order valence-corrected chi connectivity index (χ2v) is 1.61. The van der Waals surface area contributed by atoms with Crippen LogP contribution in [0.15, 0.2) is 0 Å². The second kappa shape index (κ2) is 2.06. The molecule has 0 saturated heterocycles. The summed E-state index contributed by atoms with van der Waals surface area (Å²) in [5.74, 6) is 0. The summed E-state index contributed by atoms with van der Waals surface area (Å²) in [6.07, 6.45) is 0. The van der Waals surface area contributed by atoms with Crippen molar-refractivity contribution in [3.05, 3.63) is 15.3 Å². The van der Waals surface area contributed by atoms with Crippen LogP contribution in [0, 0.1) is 15.3 Å². The molecule has 0 N–H and O–H groups in total. The molecule has 0 aromatic heterocycles. The number of quaternary nitrogens is 1. The fraction of sp³-hybridized carbons (Fsp3) is 1.00. The number of rotatable bonds is 2. The zero-order valence-corrected chi connectivity index (χ0v) is 4.83. The van der Waals surface area contributed by atoms with Crippen molar-refractivity contribution >= 4 is 0 Å². The molecule has 0 bridgehead atoms. The van der Waals surface area contributed by atoms with Crippen molar-refractivity contribution in [2.75, 3.05) is 13.6 Å². The van der Waals surface area contributed by atoms with E-state index in [0.717, 1.165) is 7.05 Å². The highest BCUT2D eigenvalue weighted by Crippen LogP contribution is 1.95. The standard InChI is InChI=1S/C3H8N2O3/c1-3-5(2,8)4(6)7/h3H2,1-2H3. The van der Waals surface area contributed by atoms with Crippen LogP contribution in [0.1, 0.15) is 6.92 Å². The Labute approximate surface area is 46.8 Å². The lowest BCUT2D eigenvalue weighted by Crippen LogP contribution is -2.42. The van der Waals surface area contributed by atoms with Gasteiger partial charge in [-0.1, -0.05) is 4.76 Å². The van der Waals surface area contributed by atoms with Crippen molar-refractivity contribution in [1.29, 1.82) is 0 Å². The van der Waals surface area contributed by atoms with Crippen LogP contribution in [0.25, 0.3) is 0 Å². The average molecular weight is 120 g/mol. The van der Waals surface area contributed by atoms with Gasteiger partial charge < -0.3 is 5.21 Å². The lowest BCUT2D eigenvalue weighted by atomic mass is 10.7. The van der Waals surface area contributed by atoms with Gasteiger partial charge in [-0.3, -0.25) is 0 Å². The van der Waals surface area contributed by atoms with Crippen LogP contribution < -0.4 is 0 Å². The van der Waals surface area contributed by atoms with Gasteiger partial charge in [-0.25, -0.2) is 10.1 Å². The third-order valence-corrected chi connectivity index (χ3v) is 0.932. The molecule has 0 saturated carbocycles. The molecule has 0 heterocycles. The molecular formula is C3H8N2O3. The van der Waals surface area contributed by atoms with E-state index in [4.69, 9.17) is 0 Å². The van der Waals surface area contributed by atoms with Gasteiger partial charge in [0.25, 0.3) is 0 Å². The maximum Gasteiger partial charge on any atom is 0.237 e. The minimum Gasteiger partial charge on any atom is -0.570 e. The van der Waals surface area contributed by atoms with Gasteiger partial charge in [0.05, 0.1) is 0 Å². The van der Waals surface area contributed by atoms with Gasteiger partial charge in [-0.2, -0.15) is 0 Å². The molecule has 1 unspecified atom stereocenters. The number of hydrogen-bond acceptors (Lipinski definition) is 3. The molecule has 0 rings (SSSR count). The Balaban J connectivity index is 3.91. The first-order valence-corrected chi connectivity index (χ1v) is 2.22. The fourth-order valence-electron chi connectivity index (χ4n) is 0.115. The van der Waals surface area contributed by atoms with Crippen molar-refractivity contribution in [1.82, 2.24) is 0 Å². The SMILES string of the molecule is CC[N+](C)([O-])[N+](=O)[O-]. The van der Waals surface area contributed by atoms with Crippen LogP contribution in [0.4, 0.5) is 0 Å². The lowest BCUT2D eigenvalue weighted by Gasteiger charge is -2.22. The zero-order chi connectivity index (χ0) is 6.78. The van der Waals surface area contributed by atoms with E-state index in [1.165, 1.54) is 6.92 Å². The summed E-state index contributed by atoms with van der Waals surface area (Å²) >= 11 is 0. The smallest absolute Gasteiger partial charge is 0.237 e. The molecule has 0 aromatic carbocycles. The summed E-state index contributed by atoms with van der Waals surface area (Å²) in [6.45, 7) is 1.43. The molecule has 0 aliphatic carbocycles. The zero-order valence-electron chi connectivity index (χ0n) is 4.83. The van der Waals surface area contributed by atoms with Crippen LogP contribution in [0.2, 0.25) is 0 Å². The highest BCUT2D eigenvalue weighted by molar-refractivity contribution is 4.14. The van der Waals surface area contributed by atoms with Crippen molar-refractivity contribution < 1.29 is 9.79 Å². The summed E-state index contributed by atoms with van der Waals surface area (Å²) in [4.78, 5) is 9.72. The molecule has 0 radical (unpaired) electrons. The highest BCUT2D eigenvalue weighted by atomic mass is 16.8. The Morgan fingerprint density at radius 1 is 1.75 bits per heavy atom. The maximum atomic E-state index is 10.4. The predicted octanol–water partition coefficient (Wildman–Crippen LogP) is 0.142. The lowest BCUT2D eigenvalue weighted by molar-refractivity contribution is -1.28. The molecule has 1 atom stereocenters. The molecular weight excluding hydrogens is 112 g/mol. The first-order valence-electron chi connectivity index (χ1n) is 2.22. The molecule has 48 valence electrons. The number of hydroxylamine groups is 2. The van der Waals surface area contributed by atoms with Gasteiger partial charge in [0.2, 0.25) is 5.03 Å². The molecule has 0 spiro atoms.